The van der Waals surface area contributed by atoms with Crippen molar-refractivity contribution in [1.29, 1.82) is 0 Å². The summed E-state index contributed by atoms with van der Waals surface area (Å²) in [6.07, 6.45) is 2.95. The Bertz CT molecular complexity index is 1390. The third kappa shape index (κ3) is 3.93. The Morgan fingerprint density at radius 2 is 1.66 bits per heavy atom. The zero-order valence-corrected chi connectivity index (χ0v) is 19.2. The van der Waals surface area contributed by atoms with Gasteiger partial charge < -0.3 is 4.42 Å². The molecule has 2 heterocycles. The number of pyridine rings is 1. The number of nitrogens with zero attached hydrogens (tertiary/aromatic N) is 1. The first-order valence-electron chi connectivity index (χ1n) is 11.3. The SMILES string of the molecule is CC(c1ccccc1)c1cccc2oc3ccc(-c4cc(CC(C)(C)C)ccn4)cc3c12. The number of aromatic nitrogens is 1. The topological polar surface area (TPSA) is 26.0 Å². The van der Waals surface area contributed by atoms with Crippen molar-refractivity contribution >= 4 is 21.9 Å². The van der Waals surface area contributed by atoms with Crippen molar-refractivity contribution < 1.29 is 4.42 Å². The predicted molar refractivity (Wildman–Crippen MR) is 134 cm³/mol. The second-order valence-corrected chi connectivity index (χ2v) is 9.95. The molecule has 0 aliphatic heterocycles. The lowest BCUT2D eigenvalue weighted by molar-refractivity contribution is 0.411. The summed E-state index contributed by atoms with van der Waals surface area (Å²) in [4.78, 5) is 4.69. The van der Waals surface area contributed by atoms with Gasteiger partial charge in [0.05, 0.1) is 5.69 Å². The fourth-order valence-electron chi connectivity index (χ4n) is 4.65. The van der Waals surface area contributed by atoms with E-state index in [0.717, 1.165) is 34.2 Å². The minimum absolute atomic E-state index is 0.242. The maximum Gasteiger partial charge on any atom is 0.135 e. The van der Waals surface area contributed by atoms with Crippen LogP contribution in [0.4, 0.5) is 0 Å². The number of furan rings is 1. The normalized spacial score (nSPS) is 13.0. The van der Waals surface area contributed by atoms with Crippen molar-refractivity contribution in [2.24, 2.45) is 5.41 Å². The van der Waals surface area contributed by atoms with Crippen molar-refractivity contribution in [3.8, 4) is 11.3 Å². The highest BCUT2D eigenvalue weighted by molar-refractivity contribution is 6.08. The predicted octanol–water partition coefficient (Wildman–Crippen LogP) is 8.39. The first-order chi connectivity index (χ1) is 15.4. The fraction of sp³-hybridized carbons (Fsp3) is 0.233. The van der Waals surface area contributed by atoms with Gasteiger partial charge in [-0.1, -0.05) is 70.2 Å². The number of rotatable bonds is 4. The van der Waals surface area contributed by atoms with Crippen LogP contribution in [0.2, 0.25) is 0 Å². The molecule has 0 fully saturated rings. The van der Waals surface area contributed by atoms with E-state index >= 15 is 0 Å². The van der Waals surface area contributed by atoms with E-state index in [1.807, 2.05) is 6.20 Å². The van der Waals surface area contributed by atoms with E-state index in [1.54, 1.807) is 0 Å². The molecular formula is C30H29NO. The Kier molecular flexibility index (Phi) is 5.09. The molecule has 0 aliphatic carbocycles. The van der Waals surface area contributed by atoms with Crippen LogP contribution in [0.25, 0.3) is 33.2 Å². The van der Waals surface area contributed by atoms with E-state index in [1.165, 1.54) is 22.1 Å². The molecule has 0 N–H and O–H groups in total. The van der Waals surface area contributed by atoms with Crippen LogP contribution in [0.3, 0.4) is 0 Å². The van der Waals surface area contributed by atoms with Gasteiger partial charge in [0.2, 0.25) is 0 Å². The molecule has 0 saturated heterocycles. The maximum absolute atomic E-state index is 6.24. The molecule has 0 aliphatic rings. The Morgan fingerprint density at radius 3 is 2.44 bits per heavy atom. The van der Waals surface area contributed by atoms with Crippen LogP contribution >= 0.6 is 0 Å². The summed E-state index contributed by atoms with van der Waals surface area (Å²) in [7, 11) is 0. The van der Waals surface area contributed by atoms with Gasteiger partial charge >= 0.3 is 0 Å². The fourth-order valence-corrected chi connectivity index (χ4v) is 4.65. The van der Waals surface area contributed by atoms with Crippen molar-refractivity contribution in [3.63, 3.8) is 0 Å². The molecule has 2 aromatic heterocycles. The van der Waals surface area contributed by atoms with Crippen LogP contribution in [-0.4, -0.2) is 4.98 Å². The standard InChI is InChI=1S/C30H29NO/c1-20(22-9-6-5-7-10-22)24-11-8-12-28-29(24)25-18-23(13-14-27(25)32-28)26-17-21(15-16-31-26)19-30(2,3)4/h5-18,20H,19H2,1-4H3. The number of hydrogen-bond acceptors (Lipinski definition) is 2. The average molecular weight is 420 g/mol. The Hall–Kier alpha value is -3.39. The lowest BCUT2D eigenvalue weighted by Gasteiger charge is -2.18. The molecule has 2 nitrogen and oxygen atoms in total. The van der Waals surface area contributed by atoms with Gasteiger partial charge in [-0.15, -0.1) is 0 Å². The summed E-state index contributed by atoms with van der Waals surface area (Å²) in [5.74, 6) is 0.276. The van der Waals surface area contributed by atoms with Gasteiger partial charge in [0, 0.05) is 28.5 Å². The number of hydrogen-bond donors (Lipinski definition) is 0. The molecule has 5 rings (SSSR count). The summed E-state index contributed by atoms with van der Waals surface area (Å²) >= 11 is 0. The zero-order valence-electron chi connectivity index (χ0n) is 19.2. The maximum atomic E-state index is 6.24. The van der Waals surface area contributed by atoms with Crippen molar-refractivity contribution in [3.05, 3.63) is 102 Å². The van der Waals surface area contributed by atoms with E-state index in [9.17, 15) is 0 Å². The van der Waals surface area contributed by atoms with Crippen molar-refractivity contribution in [2.75, 3.05) is 0 Å². The highest BCUT2D eigenvalue weighted by Gasteiger charge is 2.18. The quantitative estimate of drug-likeness (QED) is 0.292. The van der Waals surface area contributed by atoms with E-state index in [-0.39, 0.29) is 11.3 Å². The molecule has 3 aromatic carbocycles. The van der Waals surface area contributed by atoms with Gasteiger partial charge in [-0.3, -0.25) is 4.98 Å². The molecule has 0 spiro atoms. The minimum Gasteiger partial charge on any atom is -0.456 e. The van der Waals surface area contributed by atoms with Crippen molar-refractivity contribution in [2.45, 2.75) is 40.0 Å². The summed E-state index contributed by atoms with van der Waals surface area (Å²) in [6.45, 7) is 9.08. The largest absolute Gasteiger partial charge is 0.456 e. The first-order valence-corrected chi connectivity index (χ1v) is 11.3. The van der Waals surface area contributed by atoms with Crippen LogP contribution < -0.4 is 0 Å². The van der Waals surface area contributed by atoms with Gasteiger partial charge in [-0.05, 0) is 64.9 Å². The molecule has 32 heavy (non-hydrogen) atoms. The highest BCUT2D eigenvalue weighted by atomic mass is 16.3. The van der Waals surface area contributed by atoms with Crippen LogP contribution in [0.5, 0.6) is 0 Å². The summed E-state index contributed by atoms with van der Waals surface area (Å²) in [6, 6.07) is 27.9. The summed E-state index contributed by atoms with van der Waals surface area (Å²) in [5.41, 5.74) is 8.15. The zero-order chi connectivity index (χ0) is 22.3. The van der Waals surface area contributed by atoms with E-state index in [2.05, 4.69) is 112 Å². The third-order valence-electron chi connectivity index (χ3n) is 6.15. The molecule has 1 atom stereocenters. The van der Waals surface area contributed by atoms with Gasteiger partial charge in [0.1, 0.15) is 11.2 Å². The lowest BCUT2D eigenvalue weighted by Crippen LogP contribution is -2.09. The van der Waals surface area contributed by atoms with Gasteiger partial charge in [-0.25, -0.2) is 0 Å². The molecule has 0 amide bonds. The molecule has 160 valence electrons. The second-order valence-electron chi connectivity index (χ2n) is 9.95. The van der Waals surface area contributed by atoms with E-state index in [4.69, 9.17) is 4.42 Å². The molecule has 0 saturated carbocycles. The molecule has 0 radical (unpaired) electrons. The van der Waals surface area contributed by atoms with E-state index in [0.29, 0.717) is 0 Å². The molecule has 1 unspecified atom stereocenters. The average Bonchev–Trinajstić information content (AvgIpc) is 3.16. The Balaban J connectivity index is 1.64. The van der Waals surface area contributed by atoms with Crippen LogP contribution in [0, 0.1) is 5.41 Å². The van der Waals surface area contributed by atoms with Gasteiger partial charge in [-0.2, -0.15) is 0 Å². The first kappa shape index (κ1) is 20.5. The molecule has 2 heteroatoms. The summed E-state index contributed by atoms with van der Waals surface area (Å²) < 4.78 is 6.24. The van der Waals surface area contributed by atoms with Crippen LogP contribution in [0.15, 0.2) is 89.5 Å². The summed E-state index contributed by atoms with van der Waals surface area (Å²) in [5, 5.41) is 2.35. The van der Waals surface area contributed by atoms with Crippen LogP contribution in [0.1, 0.15) is 50.3 Å². The minimum atomic E-state index is 0.242. The van der Waals surface area contributed by atoms with Crippen LogP contribution in [-0.2, 0) is 6.42 Å². The highest BCUT2D eigenvalue weighted by Crippen LogP contribution is 2.38. The van der Waals surface area contributed by atoms with Crippen molar-refractivity contribution in [1.82, 2.24) is 4.98 Å². The monoisotopic (exact) mass is 419 g/mol. The third-order valence-corrected chi connectivity index (χ3v) is 6.15. The lowest BCUT2D eigenvalue weighted by atomic mass is 9.88. The Morgan fingerprint density at radius 1 is 0.844 bits per heavy atom. The number of fused-ring (bicyclic) bond motifs is 3. The van der Waals surface area contributed by atoms with E-state index < -0.39 is 0 Å². The second kappa shape index (κ2) is 7.94. The molecular weight excluding hydrogens is 390 g/mol. The molecule has 5 aromatic rings. The molecule has 0 bridgehead atoms. The van der Waals surface area contributed by atoms with Gasteiger partial charge in [0.15, 0.2) is 0 Å². The Labute approximate surface area is 189 Å². The smallest absolute Gasteiger partial charge is 0.135 e. The number of benzene rings is 3. The van der Waals surface area contributed by atoms with Gasteiger partial charge in [0.25, 0.3) is 0 Å².